The van der Waals surface area contributed by atoms with E-state index in [0.717, 1.165) is 18.8 Å². The zero-order valence-corrected chi connectivity index (χ0v) is 12.2. The van der Waals surface area contributed by atoms with E-state index in [9.17, 15) is 0 Å². The molecule has 19 heavy (non-hydrogen) atoms. The number of rotatable bonds is 5. The quantitative estimate of drug-likeness (QED) is 0.884. The molecular formula is C16H25NO2. The van der Waals surface area contributed by atoms with Crippen LogP contribution in [0.5, 0.6) is 5.75 Å². The Kier molecular flexibility index (Phi) is 4.83. The van der Waals surface area contributed by atoms with E-state index >= 15 is 0 Å². The van der Waals surface area contributed by atoms with E-state index in [2.05, 4.69) is 24.4 Å². The lowest BCUT2D eigenvalue weighted by Gasteiger charge is -2.40. The van der Waals surface area contributed by atoms with Gasteiger partial charge < -0.3 is 14.8 Å². The van der Waals surface area contributed by atoms with Gasteiger partial charge in [0.2, 0.25) is 0 Å². The van der Waals surface area contributed by atoms with Crippen LogP contribution in [0.2, 0.25) is 0 Å². The highest BCUT2D eigenvalue weighted by molar-refractivity contribution is 5.30. The molecule has 1 fully saturated rings. The lowest BCUT2D eigenvalue weighted by Crippen LogP contribution is -2.44. The first-order valence-electron chi connectivity index (χ1n) is 7.23. The number of ether oxygens (including phenoxy) is 2. The maximum Gasteiger partial charge on any atom is 0.119 e. The van der Waals surface area contributed by atoms with Gasteiger partial charge in [-0.15, -0.1) is 0 Å². The Balaban J connectivity index is 2.16. The predicted octanol–water partition coefficient (Wildman–Crippen LogP) is 3.31. The van der Waals surface area contributed by atoms with E-state index in [1.165, 1.54) is 18.4 Å². The summed E-state index contributed by atoms with van der Waals surface area (Å²) >= 11 is 0. The summed E-state index contributed by atoms with van der Waals surface area (Å²) in [5.74, 6) is 0.927. The van der Waals surface area contributed by atoms with Crippen LogP contribution in [0.25, 0.3) is 0 Å². The van der Waals surface area contributed by atoms with Gasteiger partial charge in [0.1, 0.15) is 5.75 Å². The summed E-state index contributed by atoms with van der Waals surface area (Å²) < 4.78 is 11.6. The van der Waals surface area contributed by atoms with Gasteiger partial charge in [0.25, 0.3) is 0 Å². The second-order valence-corrected chi connectivity index (χ2v) is 5.34. The van der Waals surface area contributed by atoms with Gasteiger partial charge in [-0.25, -0.2) is 0 Å². The average molecular weight is 263 g/mol. The van der Waals surface area contributed by atoms with Crippen LogP contribution in [-0.2, 0) is 4.74 Å². The first-order valence-corrected chi connectivity index (χ1v) is 7.23. The van der Waals surface area contributed by atoms with E-state index in [4.69, 9.17) is 9.47 Å². The zero-order chi connectivity index (χ0) is 13.7. The fraction of sp³-hybridized carbons (Fsp3) is 0.625. The molecule has 1 aliphatic rings. The van der Waals surface area contributed by atoms with Crippen molar-refractivity contribution in [2.24, 2.45) is 0 Å². The Labute approximate surface area is 116 Å². The number of hydrogen-bond acceptors (Lipinski definition) is 3. The van der Waals surface area contributed by atoms with Crippen molar-refractivity contribution >= 4 is 0 Å². The van der Waals surface area contributed by atoms with Crippen LogP contribution in [0.1, 0.15) is 44.7 Å². The molecule has 1 heterocycles. The van der Waals surface area contributed by atoms with E-state index in [-0.39, 0.29) is 11.6 Å². The van der Waals surface area contributed by atoms with Crippen LogP contribution in [0.3, 0.4) is 0 Å². The normalized spacial score (nSPS) is 25.0. The molecule has 106 valence electrons. The third kappa shape index (κ3) is 3.28. The molecule has 3 heteroatoms. The molecule has 3 nitrogen and oxygen atoms in total. The molecule has 1 N–H and O–H groups in total. The Morgan fingerprint density at radius 1 is 1.32 bits per heavy atom. The molecule has 0 amide bonds. The molecule has 2 atom stereocenters. The summed E-state index contributed by atoms with van der Waals surface area (Å²) in [5, 5.41) is 3.41. The lowest BCUT2D eigenvalue weighted by molar-refractivity contribution is -0.0884. The molecule has 1 saturated heterocycles. The summed E-state index contributed by atoms with van der Waals surface area (Å²) in [7, 11) is 2.00. The van der Waals surface area contributed by atoms with E-state index in [1.807, 2.05) is 26.1 Å². The van der Waals surface area contributed by atoms with Gasteiger partial charge in [-0.1, -0.05) is 12.1 Å². The Bertz CT molecular complexity index is 382. The summed E-state index contributed by atoms with van der Waals surface area (Å²) in [6, 6.07) is 8.57. The van der Waals surface area contributed by atoms with Crippen molar-refractivity contribution in [3.63, 3.8) is 0 Å². The van der Waals surface area contributed by atoms with Crippen molar-refractivity contribution in [2.45, 2.75) is 44.8 Å². The Hall–Kier alpha value is -1.06. The second kappa shape index (κ2) is 6.40. The van der Waals surface area contributed by atoms with Gasteiger partial charge in [-0.2, -0.15) is 0 Å². The third-order valence-electron chi connectivity index (χ3n) is 3.92. The summed E-state index contributed by atoms with van der Waals surface area (Å²) in [4.78, 5) is 0. The van der Waals surface area contributed by atoms with Gasteiger partial charge in [-0.3, -0.25) is 0 Å². The van der Waals surface area contributed by atoms with Crippen molar-refractivity contribution in [1.82, 2.24) is 5.32 Å². The van der Waals surface area contributed by atoms with Crippen LogP contribution >= 0.6 is 0 Å². The zero-order valence-electron chi connectivity index (χ0n) is 12.2. The fourth-order valence-electron chi connectivity index (χ4n) is 2.93. The average Bonchev–Trinajstić information content (AvgIpc) is 2.42. The number of hydrogen-bond donors (Lipinski definition) is 1. The minimum Gasteiger partial charge on any atom is -0.494 e. The molecule has 0 bridgehead atoms. The minimum atomic E-state index is -0.111. The summed E-state index contributed by atoms with van der Waals surface area (Å²) in [6.07, 6.45) is 3.52. The second-order valence-electron chi connectivity index (χ2n) is 5.34. The van der Waals surface area contributed by atoms with Crippen LogP contribution in [0, 0.1) is 0 Å². The van der Waals surface area contributed by atoms with Crippen molar-refractivity contribution in [2.75, 3.05) is 20.3 Å². The van der Waals surface area contributed by atoms with Gasteiger partial charge in [0.15, 0.2) is 0 Å². The SMILES string of the molecule is CCOc1ccc(C(NC)C2(C)CCCCO2)cc1. The minimum absolute atomic E-state index is 0.111. The highest BCUT2D eigenvalue weighted by atomic mass is 16.5. The van der Waals surface area contributed by atoms with E-state index in [1.54, 1.807) is 0 Å². The Morgan fingerprint density at radius 2 is 2.05 bits per heavy atom. The molecule has 0 radical (unpaired) electrons. The predicted molar refractivity (Wildman–Crippen MR) is 77.6 cm³/mol. The largest absolute Gasteiger partial charge is 0.494 e. The monoisotopic (exact) mass is 263 g/mol. The number of benzene rings is 1. The first-order chi connectivity index (χ1) is 9.19. The number of likely N-dealkylation sites (N-methyl/N-ethyl adjacent to an activating group) is 1. The molecule has 2 unspecified atom stereocenters. The molecule has 0 aromatic heterocycles. The van der Waals surface area contributed by atoms with E-state index < -0.39 is 0 Å². The standard InChI is InChI=1S/C16H25NO2/c1-4-18-14-9-7-13(8-10-14)15(17-3)16(2)11-5-6-12-19-16/h7-10,15,17H,4-6,11-12H2,1-3H3. The lowest BCUT2D eigenvalue weighted by atomic mass is 9.84. The number of nitrogens with one attached hydrogen (secondary N) is 1. The first kappa shape index (κ1) is 14.4. The summed E-state index contributed by atoms with van der Waals surface area (Å²) in [5.41, 5.74) is 1.15. The van der Waals surface area contributed by atoms with Crippen molar-refractivity contribution < 1.29 is 9.47 Å². The third-order valence-corrected chi connectivity index (χ3v) is 3.92. The van der Waals surface area contributed by atoms with Crippen LogP contribution < -0.4 is 10.1 Å². The molecule has 1 aromatic rings. The van der Waals surface area contributed by atoms with Crippen molar-refractivity contribution in [3.8, 4) is 5.75 Å². The van der Waals surface area contributed by atoms with Crippen LogP contribution in [0.4, 0.5) is 0 Å². The molecule has 1 aromatic carbocycles. The molecular weight excluding hydrogens is 238 g/mol. The van der Waals surface area contributed by atoms with Gasteiger partial charge in [0, 0.05) is 6.61 Å². The fourth-order valence-corrected chi connectivity index (χ4v) is 2.93. The maximum atomic E-state index is 6.06. The molecule has 0 saturated carbocycles. The smallest absolute Gasteiger partial charge is 0.119 e. The molecule has 0 spiro atoms. The van der Waals surface area contributed by atoms with Gasteiger partial charge in [0.05, 0.1) is 18.2 Å². The van der Waals surface area contributed by atoms with Gasteiger partial charge in [-0.05, 0) is 57.9 Å². The maximum absolute atomic E-state index is 6.06. The van der Waals surface area contributed by atoms with Gasteiger partial charge >= 0.3 is 0 Å². The highest BCUT2D eigenvalue weighted by Crippen LogP contribution is 2.36. The van der Waals surface area contributed by atoms with Crippen LogP contribution in [-0.4, -0.2) is 25.9 Å². The Morgan fingerprint density at radius 3 is 2.58 bits per heavy atom. The van der Waals surface area contributed by atoms with Crippen molar-refractivity contribution in [3.05, 3.63) is 29.8 Å². The topological polar surface area (TPSA) is 30.5 Å². The summed E-state index contributed by atoms with van der Waals surface area (Å²) in [6.45, 7) is 5.78. The van der Waals surface area contributed by atoms with E-state index in [0.29, 0.717) is 6.61 Å². The highest BCUT2D eigenvalue weighted by Gasteiger charge is 2.36. The van der Waals surface area contributed by atoms with Crippen LogP contribution in [0.15, 0.2) is 24.3 Å². The van der Waals surface area contributed by atoms with Crippen molar-refractivity contribution in [1.29, 1.82) is 0 Å². The molecule has 2 rings (SSSR count). The molecule has 1 aliphatic heterocycles. The molecule has 0 aliphatic carbocycles.